The molecular formula is C23H27ClN4O5. The average Bonchev–Trinajstić information content (AvgIpc) is 3.25. The van der Waals surface area contributed by atoms with Crippen molar-refractivity contribution in [1.29, 1.82) is 0 Å². The minimum atomic E-state index is -0.577. The fraction of sp³-hybridized carbons (Fsp3) is 0.391. The van der Waals surface area contributed by atoms with Crippen LogP contribution >= 0.6 is 11.6 Å². The molecule has 1 aromatic heterocycles. The Morgan fingerprint density at radius 2 is 1.97 bits per heavy atom. The number of aromatic nitrogens is 2. The van der Waals surface area contributed by atoms with Gasteiger partial charge < -0.3 is 24.4 Å². The van der Waals surface area contributed by atoms with Gasteiger partial charge in [0.1, 0.15) is 18.8 Å². The Morgan fingerprint density at radius 3 is 2.70 bits per heavy atom. The van der Waals surface area contributed by atoms with E-state index in [1.165, 1.54) is 0 Å². The SMILES string of the molecule is CC(C)(C)OC(=O)N1CC=C(c2cnc(Cl)nc2OCCNC(=O)OCc2ccccc2)C1. The number of benzene rings is 1. The van der Waals surface area contributed by atoms with Crippen LogP contribution in [-0.2, 0) is 16.1 Å². The Bertz CT molecular complexity index is 1010. The fourth-order valence-electron chi connectivity index (χ4n) is 2.97. The second-order valence-electron chi connectivity index (χ2n) is 8.29. The van der Waals surface area contributed by atoms with Crippen LogP contribution in [0, 0.1) is 0 Å². The predicted octanol–water partition coefficient (Wildman–Crippen LogP) is 4.07. The molecule has 1 aliphatic rings. The van der Waals surface area contributed by atoms with Crippen LogP contribution < -0.4 is 10.1 Å². The number of ether oxygens (including phenoxy) is 3. The number of carbonyl (C=O) groups is 2. The van der Waals surface area contributed by atoms with Crippen LogP contribution in [0.1, 0.15) is 31.9 Å². The number of alkyl carbamates (subject to hydrolysis) is 1. The van der Waals surface area contributed by atoms with E-state index >= 15 is 0 Å². The maximum atomic E-state index is 12.3. The first-order valence-corrected chi connectivity index (χ1v) is 10.9. The van der Waals surface area contributed by atoms with Gasteiger partial charge in [-0.1, -0.05) is 36.4 Å². The molecule has 1 aromatic carbocycles. The zero-order valence-corrected chi connectivity index (χ0v) is 19.6. The molecule has 0 atom stereocenters. The highest BCUT2D eigenvalue weighted by Gasteiger charge is 2.27. The lowest BCUT2D eigenvalue weighted by Gasteiger charge is -2.24. The molecule has 9 nitrogen and oxygen atoms in total. The maximum Gasteiger partial charge on any atom is 0.410 e. The van der Waals surface area contributed by atoms with Gasteiger partial charge in [0.2, 0.25) is 11.2 Å². The van der Waals surface area contributed by atoms with Crippen molar-refractivity contribution in [2.45, 2.75) is 33.0 Å². The van der Waals surface area contributed by atoms with E-state index in [-0.39, 0.29) is 30.9 Å². The summed E-state index contributed by atoms with van der Waals surface area (Å²) in [6, 6.07) is 9.39. The molecule has 3 rings (SSSR count). The highest BCUT2D eigenvalue weighted by Crippen LogP contribution is 2.29. The molecular weight excluding hydrogens is 448 g/mol. The Morgan fingerprint density at radius 1 is 1.21 bits per heavy atom. The van der Waals surface area contributed by atoms with E-state index < -0.39 is 17.8 Å². The maximum absolute atomic E-state index is 12.3. The van der Waals surface area contributed by atoms with Crippen LogP contribution in [0.3, 0.4) is 0 Å². The lowest BCUT2D eigenvalue weighted by molar-refractivity contribution is 0.0306. The van der Waals surface area contributed by atoms with E-state index in [2.05, 4.69) is 15.3 Å². The summed E-state index contributed by atoms with van der Waals surface area (Å²) in [7, 11) is 0. The largest absolute Gasteiger partial charge is 0.475 e. The number of nitrogens with one attached hydrogen (secondary N) is 1. The third-order valence-corrected chi connectivity index (χ3v) is 4.65. The van der Waals surface area contributed by atoms with Gasteiger partial charge in [0, 0.05) is 19.3 Å². The topological polar surface area (TPSA) is 103 Å². The van der Waals surface area contributed by atoms with Gasteiger partial charge in [-0.25, -0.2) is 14.6 Å². The van der Waals surface area contributed by atoms with Crippen molar-refractivity contribution in [3.63, 3.8) is 0 Å². The molecule has 0 radical (unpaired) electrons. The predicted molar refractivity (Wildman–Crippen MR) is 123 cm³/mol. The summed E-state index contributed by atoms with van der Waals surface area (Å²) in [4.78, 5) is 34.0. The molecule has 33 heavy (non-hydrogen) atoms. The molecule has 0 unspecified atom stereocenters. The lowest BCUT2D eigenvalue weighted by atomic mass is 10.1. The number of amides is 2. The second-order valence-corrected chi connectivity index (χ2v) is 8.62. The molecule has 2 heterocycles. The van der Waals surface area contributed by atoms with Gasteiger partial charge >= 0.3 is 12.2 Å². The van der Waals surface area contributed by atoms with Crippen molar-refractivity contribution in [2.24, 2.45) is 0 Å². The fourth-order valence-corrected chi connectivity index (χ4v) is 3.09. The van der Waals surface area contributed by atoms with Crippen LogP contribution in [-0.4, -0.2) is 58.9 Å². The van der Waals surface area contributed by atoms with Gasteiger partial charge in [0.25, 0.3) is 0 Å². The summed E-state index contributed by atoms with van der Waals surface area (Å²) in [6.45, 7) is 6.73. The van der Waals surface area contributed by atoms with Gasteiger partial charge in [0.15, 0.2) is 0 Å². The smallest absolute Gasteiger partial charge is 0.410 e. The molecule has 2 amide bonds. The quantitative estimate of drug-likeness (QED) is 0.476. The van der Waals surface area contributed by atoms with Crippen LogP contribution in [0.25, 0.3) is 5.57 Å². The van der Waals surface area contributed by atoms with Gasteiger partial charge in [-0.2, -0.15) is 4.98 Å². The van der Waals surface area contributed by atoms with E-state index in [1.807, 2.05) is 57.2 Å². The summed E-state index contributed by atoms with van der Waals surface area (Å²) >= 11 is 5.94. The first-order chi connectivity index (χ1) is 15.7. The summed E-state index contributed by atoms with van der Waals surface area (Å²) in [5, 5.41) is 2.66. The molecule has 2 aromatic rings. The molecule has 0 aliphatic carbocycles. The number of carbonyl (C=O) groups excluding carboxylic acids is 2. The number of rotatable bonds is 7. The highest BCUT2D eigenvalue weighted by atomic mass is 35.5. The monoisotopic (exact) mass is 474 g/mol. The molecule has 0 saturated heterocycles. The van der Waals surface area contributed by atoms with Gasteiger partial charge in [0.05, 0.1) is 12.1 Å². The van der Waals surface area contributed by atoms with E-state index in [0.717, 1.165) is 11.1 Å². The molecule has 0 fully saturated rings. The van der Waals surface area contributed by atoms with Crippen LogP contribution in [0.5, 0.6) is 5.88 Å². The van der Waals surface area contributed by atoms with E-state index in [9.17, 15) is 9.59 Å². The summed E-state index contributed by atoms with van der Waals surface area (Å²) in [5.41, 5.74) is 1.77. The lowest BCUT2D eigenvalue weighted by Crippen LogP contribution is -2.35. The molecule has 0 saturated carbocycles. The summed E-state index contributed by atoms with van der Waals surface area (Å²) < 4.78 is 16.3. The Hall–Kier alpha value is -3.33. The minimum absolute atomic E-state index is 0.0339. The molecule has 176 valence electrons. The first-order valence-electron chi connectivity index (χ1n) is 10.5. The molecule has 0 spiro atoms. The molecule has 10 heteroatoms. The van der Waals surface area contributed by atoms with Crippen LogP contribution in [0.4, 0.5) is 9.59 Å². The van der Waals surface area contributed by atoms with Crippen molar-refractivity contribution < 1.29 is 23.8 Å². The summed E-state index contributed by atoms with van der Waals surface area (Å²) in [5.74, 6) is 0.270. The van der Waals surface area contributed by atoms with Gasteiger partial charge in [-0.3, -0.25) is 0 Å². The molecule has 0 bridgehead atoms. The third-order valence-electron chi connectivity index (χ3n) is 4.46. The number of hydrogen-bond acceptors (Lipinski definition) is 7. The molecule has 1 N–H and O–H groups in total. The highest BCUT2D eigenvalue weighted by molar-refractivity contribution is 6.28. The third kappa shape index (κ3) is 7.64. The van der Waals surface area contributed by atoms with Gasteiger partial charge in [-0.15, -0.1) is 0 Å². The van der Waals surface area contributed by atoms with Crippen LogP contribution in [0.15, 0.2) is 42.6 Å². The van der Waals surface area contributed by atoms with Crippen molar-refractivity contribution >= 4 is 29.4 Å². The Kier molecular flexibility index (Phi) is 8.11. The Balaban J connectivity index is 1.50. The Labute approximate surface area is 197 Å². The molecule has 1 aliphatic heterocycles. The standard InChI is InChI=1S/C23H27ClN4O5/c1-23(2,3)33-22(30)28-11-9-17(14-28)18-13-26-20(24)27-19(18)31-12-10-25-21(29)32-15-16-7-5-4-6-8-16/h4-9,13H,10-12,14-15H2,1-3H3,(H,25,29). The first kappa shape index (κ1) is 24.3. The zero-order valence-electron chi connectivity index (χ0n) is 18.8. The van der Waals surface area contributed by atoms with E-state index in [1.54, 1.807) is 11.1 Å². The number of halogens is 1. The van der Waals surface area contributed by atoms with Crippen molar-refractivity contribution in [1.82, 2.24) is 20.2 Å². The number of hydrogen-bond donors (Lipinski definition) is 1. The van der Waals surface area contributed by atoms with E-state index in [4.69, 9.17) is 25.8 Å². The normalized spacial score (nSPS) is 13.3. The van der Waals surface area contributed by atoms with Crippen molar-refractivity contribution in [3.05, 3.63) is 59.0 Å². The van der Waals surface area contributed by atoms with Crippen molar-refractivity contribution in [2.75, 3.05) is 26.2 Å². The van der Waals surface area contributed by atoms with E-state index in [0.29, 0.717) is 18.7 Å². The second kappa shape index (κ2) is 11.0. The zero-order chi connectivity index (χ0) is 23.8. The van der Waals surface area contributed by atoms with Crippen LogP contribution in [0.2, 0.25) is 5.28 Å². The number of nitrogens with zero attached hydrogens (tertiary/aromatic N) is 3. The van der Waals surface area contributed by atoms with Crippen molar-refractivity contribution in [3.8, 4) is 5.88 Å². The average molecular weight is 475 g/mol. The minimum Gasteiger partial charge on any atom is -0.475 e. The summed E-state index contributed by atoms with van der Waals surface area (Å²) in [6.07, 6.45) is 2.50. The van der Waals surface area contributed by atoms with Gasteiger partial charge in [-0.05, 0) is 43.5 Å².